The SMILES string of the molecule is CC1COCCC1N1CCNCC1. The Morgan fingerprint density at radius 3 is 2.77 bits per heavy atom. The van der Waals surface area contributed by atoms with Gasteiger partial charge in [0.25, 0.3) is 0 Å². The summed E-state index contributed by atoms with van der Waals surface area (Å²) in [4.78, 5) is 2.63. The third kappa shape index (κ3) is 2.22. The van der Waals surface area contributed by atoms with Crippen molar-refractivity contribution in [1.82, 2.24) is 10.2 Å². The first-order valence-corrected chi connectivity index (χ1v) is 5.40. The molecule has 2 aliphatic rings. The summed E-state index contributed by atoms with van der Waals surface area (Å²) in [5, 5.41) is 3.40. The molecule has 1 N–H and O–H groups in total. The van der Waals surface area contributed by atoms with Gasteiger partial charge in [-0.25, -0.2) is 0 Å². The predicted molar refractivity (Wildman–Crippen MR) is 52.8 cm³/mol. The molecule has 2 heterocycles. The van der Waals surface area contributed by atoms with Crippen LogP contribution in [0.15, 0.2) is 0 Å². The first kappa shape index (κ1) is 9.44. The molecule has 2 atom stereocenters. The lowest BCUT2D eigenvalue weighted by molar-refractivity contribution is -0.00937. The summed E-state index contributed by atoms with van der Waals surface area (Å²) >= 11 is 0. The van der Waals surface area contributed by atoms with Crippen molar-refractivity contribution >= 4 is 0 Å². The van der Waals surface area contributed by atoms with E-state index in [1.54, 1.807) is 0 Å². The normalized spacial score (nSPS) is 37.6. The van der Waals surface area contributed by atoms with Gasteiger partial charge in [0, 0.05) is 38.8 Å². The van der Waals surface area contributed by atoms with E-state index in [1.807, 2.05) is 0 Å². The molecule has 0 aromatic rings. The van der Waals surface area contributed by atoms with E-state index in [0.717, 1.165) is 32.3 Å². The third-order valence-electron chi connectivity index (χ3n) is 3.22. The van der Waals surface area contributed by atoms with E-state index in [4.69, 9.17) is 4.74 Å². The molecule has 0 amide bonds. The number of hydrogen-bond donors (Lipinski definition) is 1. The lowest BCUT2D eigenvalue weighted by Gasteiger charge is -2.40. The summed E-state index contributed by atoms with van der Waals surface area (Å²) in [6.07, 6.45) is 1.22. The van der Waals surface area contributed by atoms with Gasteiger partial charge in [0.1, 0.15) is 0 Å². The largest absolute Gasteiger partial charge is 0.381 e. The van der Waals surface area contributed by atoms with Crippen molar-refractivity contribution in [2.75, 3.05) is 39.4 Å². The molecule has 13 heavy (non-hydrogen) atoms. The maximum absolute atomic E-state index is 5.46. The quantitative estimate of drug-likeness (QED) is 0.635. The van der Waals surface area contributed by atoms with Gasteiger partial charge >= 0.3 is 0 Å². The maximum Gasteiger partial charge on any atom is 0.0506 e. The number of rotatable bonds is 1. The van der Waals surface area contributed by atoms with Gasteiger partial charge < -0.3 is 10.1 Å². The number of nitrogens with zero attached hydrogens (tertiary/aromatic N) is 1. The summed E-state index contributed by atoms with van der Waals surface area (Å²) in [5.74, 6) is 0.715. The van der Waals surface area contributed by atoms with Gasteiger partial charge in [-0.05, 0) is 12.3 Å². The monoisotopic (exact) mass is 184 g/mol. The second kappa shape index (κ2) is 4.40. The second-order valence-corrected chi connectivity index (χ2v) is 4.19. The van der Waals surface area contributed by atoms with Gasteiger partial charge in [0.15, 0.2) is 0 Å². The van der Waals surface area contributed by atoms with Gasteiger partial charge in [0.2, 0.25) is 0 Å². The van der Waals surface area contributed by atoms with Crippen LogP contribution < -0.4 is 5.32 Å². The Hall–Kier alpha value is -0.120. The highest BCUT2D eigenvalue weighted by atomic mass is 16.5. The van der Waals surface area contributed by atoms with Crippen LogP contribution in [0.1, 0.15) is 13.3 Å². The maximum atomic E-state index is 5.46. The van der Waals surface area contributed by atoms with E-state index in [2.05, 4.69) is 17.1 Å². The summed E-state index contributed by atoms with van der Waals surface area (Å²) in [5.41, 5.74) is 0. The van der Waals surface area contributed by atoms with Crippen molar-refractivity contribution in [3.05, 3.63) is 0 Å². The predicted octanol–water partition coefficient (Wildman–Crippen LogP) is 0.317. The molecule has 0 bridgehead atoms. The molecule has 2 fully saturated rings. The van der Waals surface area contributed by atoms with Crippen LogP contribution in [0.5, 0.6) is 0 Å². The minimum absolute atomic E-state index is 0.715. The smallest absolute Gasteiger partial charge is 0.0506 e. The molecular weight excluding hydrogens is 164 g/mol. The molecular formula is C10H20N2O. The van der Waals surface area contributed by atoms with Gasteiger partial charge in [0.05, 0.1) is 6.61 Å². The molecule has 0 aromatic carbocycles. The molecule has 0 aliphatic carbocycles. The Bertz CT molecular complexity index is 157. The zero-order chi connectivity index (χ0) is 9.10. The Morgan fingerprint density at radius 1 is 1.31 bits per heavy atom. The molecule has 0 aromatic heterocycles. The summed E-state index contributed by atoms with van der Waals surface area (Å²) in [6, 6.07) is 0.774. The molecule has 2 saturated heterocycles. The average Bonchev–Trinajstić information content (AvgIpc) is 2.20. The minimum Gasteiger partial charge on any atom is -0.381 e. The summed E-state index contributed by atoms with van der Waals surface area (Å²) in [6.45, 7) is 8.97. The van der Waals surface area contributed by atoms with E-state index in [0.29, 0.717) is 5.92 Å². The zero-order valence-corrected chi connectivity index (χ0v) is 8.46. The van der Waals surface area contributed by atoms with E-state index in [-0.39, 0.29) is 0 Å². The fourth-order valence-corrected chi connectivity index (χ4v) is 2.43. The number of nitrogens with one attached hydrogen (secondary N) is 1. The highest BCUT2D eigenvalue weighted by Gasteiger charge is 2.28. The Kier molecular flexibility index (Phi) is 3.19. The number of piperazine rings is 1. The number of hydrogen-bond acceptors (Lipinski definition) is 3. The fourth-order valence-electron chi connectivity index (χ4n) is 2.43. The summed E-state index contributed by atoms with van der Waals surface area (Å²) in [7, 11) is 0. The van der Waals surface area contributed by atoms with E-state index in [9.17, 15) is 0 Å². The zero-order valence-electron chi connectivity index (χ0n) is 8.46. The third-order valence-corrected chi connectivity index (χ3v) is 3.22. The van der Waals surface area contributed by atoms with Crippen LogP contribution in [-0.2, 0) is 4.74 Å². The molecule has 76 valence electrons. The van der Waals surface area contributed by atoms with E-state index in [1.165, 1.54) is 19.5 Å². The van der Waals surface area contributed by atoms with Gasteiger partial charge in [-0.15, -0.1) is 0 Å². The Labute approximate surface area is 80.4 Å². The van der Waals surface area contributed by atoms with Crippen LogP contribution in [-0.4, -0.2) is 50.3 Å². The minimum atomic E-state index is 0.715. The van der Waals surface area contributed by atoms with Crippen molar-refractivity contribution in [2.24, 2.45) is 5.92 Å². The topological polar surface area (TPSA) is 24.5 Å². The first-order valence-electron chi connectivity index (χ1n) is 5.40. The standard InChI is InChI=1S/C10H20N2O/c1-9-8-13-7-2-10(9)12-5-3-11-4-6-12/h9-11H,2-8H2,1H3. The average molecular weight is 184 g/mol. The van der Waals surface area contributed by atoms with Crippen LogP contribution in [0, 0.1) is 5.92 Å². The number of ether oxygens (including phenoxy) is 1. The Balaban J connectivity index is 1.88. The molecule has 3 heteroatoms. The molecule has 2 rings (SSSR count). The van der Waals surface area contributed by atoms with Gasteiger partial charge in [-0.3, -0.25) is 4.90 Å². The highest BCUT2D eigenvalue weighted by Crippen LogP contribution is 2.20. The van der Waals surface area contributed by atoms with Crippen LogP contribution in [0.25, 0.3) is 0 Å². The van der Waals surface area contributed by atoms with Gasteiger partial charge in [-0.2, -0.15) is 0 Å². The second-order valence-electron chi connectivity index (χ2n) is 4.19. The van der Waals surface area contributed by atoms with Crippen LogP contribution in [0.4, 0.5) is 0 Å². The van der Waals surface area contributed by atoms with Crippen LogP contribution in [0.2, 0.25) is 0 Å². The lowest BCUT2D eigenvalue weighted by atomic mass is 9.95. The van der Waals surface area contributed by atoms with E-state index >= 15 is 0 Å². The van der Waals surface area contributed by atoms with Crippen LogP contribution in [0.3, 0.4) is 0 Å². The lowest BCUT2D eigenvalue weighted by Crippen LogP contribution is -2.52. The summed E-state index contributed by atoms with van der Waals surface area (Å²) < 4.78 is 5.46. The molecule has 3 nitrogen and oxygen atoms in total. The van der Waals surface area contributed by atoms with Crippen LogP contribution >= 0.6 is 0 Å². The molecule has 0 saturated carbocycles. The molecule has 0 spiro atoms. The molecule has 2 aliphatic heterocycles. The van der Waals surface area contributed by atoms with Crippen molar-refractivity contribution in [3.8, 4) is 0 Å². The Morgan fingerprint density at radius 2 is 2.08 bits per heavy atom. The van der Waals surface area contributed by atoms with E-state index < -0.39 is 0 Å². The first-order chi connectivity index (χ1) is 6.38. The van der Waals surface area contributed by atoms with Gasteiger partial charge in [-0.1, -0.05) is 6.92 Å². The van der Waals surface area contributed by atoms with Crippen molar-refractivity contribution in [1.29, 1.82) is 0 Å². The molecule has 0 radical (unpaired) electrons. The van der Waals surface area contributed by atoms with Crippen molar-refractivity contribution in [3.63, 3.8) is 0 Å². The van der Waals surface area contributed by atoms with Crippen molar-refractivity contribution in [2.45, 2.75) is 19.4 Å². The van der Waals surface area contributed by atoms with Crippen molar-refractivity contribution < 1.29 is 4.74 Å². The highest BCUT2D eigenvalue weighted by molar-refractivity contribution is 4.82. The molecule has 2 unspecified atom stereocenters. The fraction of sp³-hybridized carbons (Fsp3) is 1.00.